The van der Waals surface area contributed by atoms with Gasteiger partial charge in [-0.2, -0.15) is 16.4 Å². The van der Waals surface area contributed by atoms with E-state index in [1.807, 2.05) is 17.5 Å². The molecule has 0 aliphatic rings. The highest BCUT2D eigenvalue weighted by Crippen LogP contribution is 2.19. The van der Waals surface area contributed by atoms with Crippen LogP contribution in [0.3, 0.4) is 0 Å². The number of rotatable bonds is 6. The van der Waals surface area contributed by atoms with Crippen LogP contribution in [0.4, 0.5) is 0 Å². The molecule has 0 saturated carbocycles. The number of aromatic nitrogens is 3. The maximum Gasteiger partial charge on any atom is 0.242 e. The predicted octanol–water partition coefficient (Wildman–Crippen LogP) is 2.44. The zero-order valence-corrected chi connectivity index (χ0v) is 12.7. The minimum Gasteiger partial charge on any atom is -0.347 e. The van der Waals surface area contributed by atoms with Gasteiger partial charge < -0.3 is 5.32 Å². The summed E-state index contributed by atoms with van der Waals surface area (Å²) < 4.78 is 1.61. The van der Waals surface area contributed by atoms with Crippen molar-refractivity contribution in [2.75, 3.05) is 0 Å². The molecule has 0 fully saturated rings. The first-order valence-electron chi connectivity index (χ1n) is 6.99. The van der Waals surface area contributed by atoms with Crippen LogP contribution in [0.15, 0.2) is 59.8 Å². The molecule has 22 heavy (non-hydrogen) atoms. The van der Waals surface area contributed by atoms with Crippen molar-refractivity contribution in [2.45, 2.75) is 19.0 Å². The highest BCUT2D eigenvalue weighted by molar-refractivity contribution is 7.07. The lowest BCUT2D eigenvalue weighted by atomic mass is 10.0. The lowest BCUT2D eigenvalue weighted by molar-refractivity contribution is -0.122. The molecule has 1 amide bonds. The van der Waals surface area contributed by atoms with Gasteiger partial charge in [0.2, 0.25) is 5.91 Å². The standard InChI is InChI=1S/C16H16N4OS/c21-16(11-20-7-2-6-18-20)19-15(9-13-4-8-22-12-13)14-3-1-5-17-10-14/h1-8,10,12,15H,9,11H2,(H,19,21)/t15-/m1/s1. The maximum absolute atomic E-state index is 12.2. The molecular formula is C16H16N4OS. The monoisotopic (exact) mass is 312 g/mol. The largest absolute Gasteiger partial charge is 0.347 e. The van der Waals surface area contributed by atoms with Gasteiger partial charge in [0.15, 0.2) is 0 Å². The Morgan fingerprint density at radius 1 is 1.32 bits per heavy atom. The Kier molecular flexibility index (Phi) is 4.60. The molecule has 0 aromatic carbocycles. The Bertz CT molecular complexity index is 695. The molecule has 3 heterocycles. The third-order valence-electron chi connectivity index (χ3n) is 3.31. The molecule has 0 bridgehead atoms. The van der Waals surface area contributed by atoms with Crippen LogP contribution in [0, 0.1) is 0 Å². The first kappa shape index (κ1) is 14.5. The first-order chi connectivity index (χ1) is 10.8. The second-order valence-corrected chi connectivity index (χ2v) is 5.73. The number of pyridine rings is 1. The van der Waals surface area contributed by atoms with E-state index in [0.29, 0.717) is 0 Å². The van der Waals surface area contributed by atoms with Gasteiger partial charge in [0.1, 0.15) is 6.54 Å². The fraction of sp³-hybridized carbons (Fsp3) is 0.188. The number of amides is 1. The molecule has 6 heteroatoms. The minimum atomic E-state index is -0.0913. The Hall–Kier alpha value is -2.47. The second-order valence-electron chi connectivity index (χ2n) is 4.95. The number of hydrogen-bond acceptors (Lipinski definition) is 4. The van der Waals surface area contributed by atoms with E-state index in [4.69, 9.17) is 0 Å². The van der Waals surface area contributed by atoms with Crippen molar-refractivity contribution in [3.8, 4) is 0 Å². The summed E-state index contributed by atoms with van der Waals surface area (Å²) >= 11 is 1.66. The van der Waals surface area contributed by atoms with Crippen molar-refractivity contribution in [1.82, 2.24) is 20.1 Å². The van der Waals surface area contributed by atoms with Gasteiger partial charge in [-0.15, -0.1) is 0 Å². The molecule has 0 saturated heterocycles. The number of nitrogens with one attached hydrogen (secondary N) is 1. The molecular weight excluding hydrogens is 296 g/mol. The van der Waals surface area contributed by atoms with E-state index in [9.17, 15) is 4.79 Å². The molecule has 1 atom stereocenters. The SMILES string of the molecule is O=C(Cn1cccn1)N[C@H](Cc1ccsc1)c1cccnc1. The van der Waals surface area contributed by atoms with Crippen LogP contribution in [-0.2, 0) is 17.8 Å². The second kappa shape index (κ2) is 7.00. The van der Waals surface area contributed by atoms with Gasteiger partial charge >= 0.3 is 0 Å². The van der Waals surface area contributed by atoms with Crippen LogP contribution in [0.25, 0.3) is 0 Å². The van der Waals surface area contributed by atoms with Crippen molar-refractivity contribution in [3.63, 3.8) is 0 Å². The third kappa shape index (κ3) is 3.79. The summed E-state index contributed by atoms with van der Waals surface area (Å²) in [6.45, 7) is 0.216. The maximum atomic E-state index is 12.2. The Balaban J connectivity index is 1.72. The zero-order valence-electron chi connectivity index (χ0n) is 11.9. The average Bonchev–Trinajstić information content (AvgIpc) is 3.21. The molecule has 3 aromatic heterocycles. The molecule has 0 unspecified atom stereocenters. The lowest BCUT2D eigenvalue weighted by Crippen LogP contribution is -2.32. The van der Waals surface area contributed by atoms with Crippen LogP contribution in [0.1, 0.15) is 17.2 Å². The van der Waals surface area contributed by atoms with E-state index in [2.05, 4.69) is 26.8 Å². The summed E-state index contributed by atoms with van der Waals surface area (Å²) in [6, 6.07) is 7.66. The van der Waals surface area contributed by atoms with Crippen LogP contribution < -0.4 is 5.32 Å². The highest BCUT2D eigenvalue weighted by atomic mass is 32.1. The van der Waals surface area contributed by atoms with Gasteiger partial charge in [0.05, 0.1) is 6.04 Å². The summed E-state index contributed by atoms with van der Waals surface area (Å²) in [5.74, 6) is -0.0622. The van der Waals surface area contributed by atoms with Crippen molar-refractivity contribution < 1.29 is 4.79 Å². The van der Waals surface area contributed by atoms with Crippen LogP contribution in [0.2, 0.25) is 0 Å². The van der Waals surface area contributed by atoms with Gasteiger partial charge in [0.25, 0.3) is 0 Å². The fourth-order valence-corrected chi connectivity index (χ4v) is 2.94. The quantitative estimate of drug-likeness (QED) is 0.760. The normalized spacial score (nSPS) is 12.0. The van der Waals surface area contributed by atoms with Gasteiger partial charge in [-0.05, 0) is 46.5 Å². The number of hydrogen-bond donors (Lipinski definition) is 1. The number of carbonyl (C=O) groups excluding carboxylic acids is 1. The smallest absolute Gasteiger partial charge is 0.242 e. The average molecular weight is 312 g/mol. The molecule has 0 radical (unpaired) electrons. The van der Waals surface area contributed by atoms with E-state index < -0.39 is 0 Å². The summed E-state index contributed by atoms with van der Waals surface area (Å²) in [6.07, 6.45) is 7.72. The molecule has 0 spiro atoms. The molecule has 112 valence electrons. The summed E-state index contributed by atoms with van der Waals surface area (Å²) in [5, 5.41) is 11.3. The van der Waals surface area contributed by atoms with E-state index in [-0.39, 0.29) is 18.5 Å². The molecule has 0 aliphatic carbocycles. The minimum absolute atomic E-state index is 0.0622. The summed E-state index contributed by atoms with van der Waals surface area (Å²) in [7, 11) is 0. The van der Waals surface area contributed by atoms with Gasteiger partial charge in [0, 0.05) is 24.8 Å². The van der Waals surface area contributed by atoms with Gasteiger partial charge in [-0.25, -0.2) is 0 Å². The first-order valence-corrected chi connectivity index (χ1v) is 7.93. The lowest BCUT2D eigenvalue weighted by Gasteiger charge is -2.18. The van der Waals surface area contributed by atoms with Crippen LogP contribution in [-0.4, -0.2) is 20.7 Å². The molecule has 3 aromatic rings. The van der Waals surface area contributed by atoms with Crippen molar-refractivity contribution in [2.24, 2.45) is 0 Å². The number of carbonyl (C=O) groups is 1. The Morgan fingerprint density at radius 3 is 2.95 bits per heavy atom. The predicted molar refractivity (Wildman–Crippen MR) is 85.4 cm³/mol. The fourth-order valence-electron chi connectivity index (χ4n) is 2.26. The van der Waals surface area contributed by atoms with Crippen molar-refractivity contribution >= 4 is 17.2 Å². The Morgan fingerprint density at radius 2 is 2.27 bits per heavy atom. The van der Waals surface area contributed by atoms with E-state index in [0.717, 1.165) is 12.0 Å². The summed E-state index contributed by atoms with van der Waals surface area (Å²) in [4.78, 5) is 16.4. The molecule has 0 aliphatic heterocycles. The molecule has 5 nitrogen and oxygen atoms in total. The number of nitrogens with zero attached hydrogens (tertiary/aromatic N) is 3. The van der Waals surface area contributed by atoms with E-state index in [1.54, 1.807) is 46.9 Å². The summed E-state index contributed by atoms with van der Waals surface area (Å²) in [5.41, 5.74) is 2.21. The molecule has 1 N–H and O–H groups in total. The molecule has 3 rings (SSSR count). The third-order valence-corrected chi connectivity index (χ3v) is 4.04. The van der Waals surface area contributed by atoms with Crippen LogP contribution in [0.5, 0.6) is 0 Å². The van der Waals surface area contributed by atoms with E-state index in [1.165, 1.54) is 5.56 Å². The topological polar surface area (TPSA) is 59.8 Å². The zero-order chi connectivity index (χ0) is 15.2. The van der Waals surface area contributed by atoms with Crippen LogP contribution >= 0.6 is 11.3 Å². The number of thiophene rings is 1. The Labute approximate surface area is 132 Å². The van der Waals surface area contributed by atoms with Crippen molar-refractivity contribution in [3.05, 3.63) is 70.9 Å². The van der Waals surface area contributed by atoms with Gasteiger partial charge in [-0.3, -0.25) is 14.5 Å². The van der Waals surface area contributed by atoms with Gasteiger partial charge in [-0.1, -0.05) is 6.07 Å². The highest BCUT2D eigenvalue weighted by Gasteiger charge is 2.16. The van der Waals surface area contributed by atoms with E-state index >= 15 is 0 Å². The van der Waals surface area contributed by atoms with Crippen molar-refractivity contribution in [1.29, 1.82) is 0 Å².